The molecule has 2 N–H and O–H groups in total. The molecule has 0 radical (unpaired) electrons. The Morgan fingerprint density at radius 2 is 2.09 bits per heavy atom. The Bertz CT molecular complexity index is 809. The van der Waals surface area contributed by atoms with Crippen LogP contribution in [0.15, 0.2) is 42.9 Å². The summed E-state index contributed by atoms with van der Waals surface area (Å²) >= 11 is 0. The van der Waals surface area contributed by atoms with Gasteiger partial charge in [0.25, 0.3) is 0 Å². The zero-order chi connectivity index (χ0) is 15.5. The summed E-state index contributed by atoms with van der Waals surface area (Å²) < 4.78 is 1.88. The van der Waals surface area contributed by atoms with Crippen LogP contribution in [-0.2, 0) is 4.79 Å². The molecule has 0 aliphatic carbocycles. The Kier molecular flexibility index (Phi) is 3.74. The maximum Gasteiger partial charge on any atom is 0.305 e. The summed E-state index contributed by atoms with van der Waals surface area (Å²) in [6, 6.07) is 8.07. The molecule has 112 valence electrons. The number of nitrogens with zero attached hydrogens (tertiary/aromatic N) is 3. The van der Waals surface area contributed by atoms with Crippen molar-refractivity contribution >= 4 is 17.4 Å². The molecule has 2 heterocycles. The number of carbonyl (C=O) groups is 1. The van der Waals surface area contributed by atoms with Crippen LogP contribution in [0, 0.1) is 6.92 Å². The number of aromatic nitrogens is 3. The molecule has 0 spiro atoms. The van der Waals surface area contributed by atoms with Crippen LogP contribution >= 0.6 is 0 Å². The van der Waals surface area contributed by atoms with Crippen LogP contribution in [0.5, 0.6) is 0 Å². The highest BCUT2D eigenvalue weighted by molar-refractivity contribution is 5.77. The molecule has 0 atom stereocenters. The first-order valence-electron chi connectivity index (χ1n) is 7.00. The molecule has 22 heavy (non-hydrogen) atoms. The topological polar surface area (TPSA) is 79.5 Å². The van der Waals surface area contributed by atoms with E-state index in [1.54, 1.807) is 12.4 Å². The summed E-state index contributed by atoms with van der Waals surface area (Å²) in [6.07, 6.45) is 5.21. The van der Waals surface area contributed by atoms with Crippen molar-refractivity contribution in [3.05, 3.63) is 48.4 Å². The van der Waals surface area contributed by atoms with Crippen LogP contribution in [0.3, 0.4) is 0 Å². The molecule has 0 saturated heterocycles. The van der Waals surface area contributed by atoms with Crippen molar-refractivity contribution < 1.29 is 9.90 Å². The van der Waals surface area contributed by atoms with E-state index in [4.69, 9.17) is 5.11 Å². The van der Waals surface area contributed by atoms with Crippen molar-refractivity contribution in [1.82, 2.24) is 14.4 Å². The molecule has 0 amide bonds. The smallest absolute Gasteiger partial charge is 0.305 e. The van der Waals surface area contributed by atoms with E-state index in [-0.39, 0.29) is 6.42 Å². The number of hydrogen-bond acceptors (Lipinski definition) is 4. The third kappa shape index (κ3) is 2.76. The van der Waals surface area contributed by atoms with Gasteiger partial charge >= 0.3 is 5.97 Å². The number of hydrogen-bond donors (Lipinski definition) is 2. The largest absolute Gasteiger partial charge is 0.481 e. The van der Waals surface area contributed by atoms with Crippen molar-refractivity contribution in [1.29, 1.82) is 0 Å². The fourth-order valence-electron chi connectivity index (χ4n) is 2.28. The van der Waals surface area contributed by atoms with Crippen LogP contribution < -0.4 is 5.32 Å². The standard InChI is InChI=1S/C16H16N4O2/c1-11-2-4-12(5-3-11)15-16(18-7-6-14(21)22)20-9-8-17-10-13(20)19-15/h2-5,8-10,18H,6-7H2,1H3,(H,21,22). The molecular weight excluding hydrogens is 280 g/mol. The van der Waals surface area contributed by atoms with Gasteiger partial charge < -0.3 is 10.4 Å². The number of nitrogens with one attached hydrogen (secondary N) is 1. The van der Waals surface area contributed by atoms with E-state index in [9.17, 15) is 4.79 Å². The fourth-order valence-corrected chi connectivity index (χ4v) is 2.28. The molecule has 0 fully saturated rings. The van der Waals surface area contributed by atoms with Gasteiger partial charge in [-0.3, -0.25) is 14.2 Å². The summed E-state index contributed by atoms with van der Waals surface area (Å²) in [5.74, 6) is -0.0534. The number of fused-ring (bicyclic) bond motifs is 1. The first kappa shape index (κ1) is 14.1. The predicted octanol–water partition coefficient (Wildman–Crippen LogP) is 2.59. The Labute approximate surface area is 127 Å². The quantitative estimate of drug-likeness (QED) is 0.756. The minimum atomic E-state index is -0.833. The van der Waals surface area contributed by atoms with Crippen molar-refractivity contribution in [2.24, 2.45) is 0 Å². The zero-order valence-corrected chi connectivity index (χ0v) is 12.2. The van der Waals surface area contributed by atoms with Gasteiger partial charge in [0.05, 0.1) is 12.6 Å². The van der Waals surface area contributed by atoms with Crippen LogP contribution in [0.2, 0.25) is 0 Å². The van der Waals surface area contributed by atoms with Crippen molar-refractivity contribution in [2.75, 3.05) is 11.9 Å². The number of imidazole rings is 1. The number of carboxylic acids is 1. The van der Waals surface area contributed by atoms with Gasteiger partial charge in [0, 0.05) is 24.5 Å². The van der Waals surface area contributed by atoms with Gasteiger partial charge in [0.15, 0.2) is 5.65 Å². The maximum atomic E-state index is 10.7. The van der Waals surface area contributed by atoms with E-state index in [2.05, 4.69) is 15.3 Å². The van der Waals surface area contributed by atoms with Gasteiger partial charge in [-0.2, -0.15) is 0 Å². The Morgan fingerprint density at radius 1 is 1.32 bits per heavy atom. The number of aryl methyl sites for hydroxylation is 1. The lowest BCUT2D eigenvalue weighted by molar-refractivity contribution is -0.136. The van der Waals surface area contributed by atoms with E-state index in [1.807, 2.05) is 41.8 Å². The second-order valence-corrected chi connectivity index (χ2v) is 5.05. The highest BCUT2D eigenvalue weighted by atomic mass is 16.4. The lowest BCUT2D eigenvalue weighted by Gasteiger charge is -2.07. The molecule has 6 nitrogen and oxygen atoms in total. The number of carboxylic acid groups (broad SMARTS) is 1. The normalized spacial score (nSPS) is 10.8. The monoisotopic (exact) mass is 296 g/mol. The predicted molar refractivity (Wildman–Crippen MR) is 83.9 cm³/mol. The third-order valence-electron chi connectivity index (χ3n) is 3.39. The van der Waals surface area contributed by atoms with Gasteiger partial charge in [-0.1, -0.05) is 29.8 Å². The molecule has 3 rings (SSSR count). The Balaban J connectivity index is 2.04. The molecule has 0 aliphatic rings. The molecule has 2 aromatic heterocycles. The summed E-state index contributed by atoms with van der Waals surface area (Å²) in [5, 5.41) is 12.0. The molecule has 3 aromatic rings. The van der Waals surface area contributed by atoms with Crippen molar-refractivity contribution in [3.8, 4) is 11.3 Å². The van der Waals surface area contributed by atoms with Gasteiger partial charge in [-0.25, -0.2) is 4.98 Å². The summed E-state index contributed by atoms with van der Waals surface area (Å²) in [7, 11) is 0. The van der Waals surface area contributed by atoms with Crippen LogP contribution in [0.4, 0.5) is 5.82 Å². The summed E-state index contributed by atoms with van der Waals surface area (Å²) in [5.41, 5.74) is 3.66. The van der Waals surface area contributed by atoms with E-state index in [0.29, 0.717) is 6.54 Å². The van der Waals surface area contributed by atoms with Gasteiger partial charge in [0.2, 0.25) is 0 Å². The number of benzene rings is 1. The number of anilines is 1. The molecule has 6 heteroatoms. The minimum absolute atomic E-state index is 0.0473. The second kappa shape index (κ2) is 5.85. The third-order valence-corrected chi connectivity index (χ3v) is 3.39. The SMILES string of the molecule is Cc1ccc(-c2nc3cnccn3c2NCCC(=O)O)cc1. The summed E-state index contributed by atoms with van der Waals surface area (Å²) in [4.78, 5) is 19.4. The molecule has 1 aromatic carbocycles. The lowest BCUT2D eigenvalue weighted by Crippen LogP contribution is -2.09. The van der Waals surface area contributed by atoms with E-state index in [0.717, 1.165) is 22.7 Å². The average Bonchev–Trinajstić information content (AvgIpc) is 2.87. The Hall–Kier alpha value is -2.89. The average molecular weight is 296 g/mol. The molecule has 0 unspecified atom stereocenters. The lowest BCUT2D eigenvalue weighted by atomic mass is 10.1. The summed E-state index contributed by atoms with van der Waals surface area (Å²) in [6.45, 7) is 2.37. The second-order valence-electron chi connectivity index (χ2n) is 5.05. The fraction of sp³-hybridized carbons (Fsp3) is 0.188. The van der Waals surface area contributed by atoms with E-state index < -0.39 is 5.97 Å². The highest BCUT2D eigenvalue weighted by Gasteiger charge is 2.14. The zero-order valence-electron chi connectivity index (χ0n) is 12.2. The van der Waals surface area contributed by atoms with Crippen LogP contribution in [0.25, 0.3) is 16.9 Å². The van der Waals surface area contributed by atoms with Crippen LogP contribution in [0.1, 0.15) is 12.0 Å². The molecular formula is C16H16N4O2. The molecule has 0 saturated carbocycles. The maximum absolute atomic E-state index is 10.7. The van der Waals surface area contributed by atoms with E-state index in [1.165, 1.54) is 5.56 Å². The highest BCUT2D eigenvalue weighted by Crippen LogP contribution is 2.28. The van der Waals surface area contributed by atoms with Crippen molar-refractivity contribution in [3.63, 3.8) is 0 Å². The first-order valence-corrected chi connectivity index (χ1v) is 7.00. The molecule has 0 aliphatic heterocycles. The van der Waals surface area contributed by atoms with Crippen molar-refractivity contribution in [2.45, 2.75) is 13.3 Å². The van der Waals surface area contributed by atoms with Gasteiger partial charge in [-0.15, -0.1) is 0 Å². The first-order chi connectivity index (χ1) is 10.6. The Morgan fingerprint density at radius 3 is 2.82 bits per heavy atom. The van der Waals surface area contributed by atoms with E-state index >= 15 is 0 Å². The molecule has 0 bridgehead atoms. The number of aliphatic carboxylic acids is 1. The minimum Gasteiger partial charge on any atom is -0.481 e. The van der Waals surface area contributed by atoms with Crippen LogP contribution in [-0.4, -0.2) is 32.0 Å². The number of rotatable bonds is 5. The van der Waals surface area contributed by atoms with Gasteiger partial charge in [0.1, 0.15) is 11.5 Å². The van der Waals surface area contributed by atoms with Gasteiger partial charge in [-0.05, 0) is 6.92 Å².